The van der Waals surface area contributed by atoms with E-state index in [0.717, 1.165) is 22.0 Å². The van der Waals surface area contributed by atoms with Crippen LogP contribution in [0.1, 0.15) is 36.1 Å². The molecule has 12 heteroatoms. The van der Waals surface area contributed by atoms with Crippen molar-refractivity contribution in [2.24, 2.45) is 5.92 Å². The zero-order valence-electron chi connectivity index (χ0n) is 20.2. The molecule has 36 heavy (non-hydrogen) atoms. The van der Waals surface area contributed by atoms with E-state index in [4.69, 9.17) is 0 Å². The standard InChI is InChI=1S/C24H27N7O3S2/c1-16(2)10-20-11-21(18-12-27-22(28-13-18)15-31-9-8-25-17(31)3)23(35-20)36(33,34)30-24(32)29-14-19-6-4-5-7-26-19/h4-9,11-13,16H,10,14-15H2,1-3H3,(H2,29,30,32). The van der Waals surface area contributed by atoms with E-state index in [0.29, 0.717) is 41.5 Å². The lowest BCUT2D eigenvalue weighted by molar-refractivity contribution is 0.245. The fourth-order valence-electron chi connectivity index (χ4n) is 3.50. The molecule has 2 amide bonds. The number of carbonyl (C=O) groups is 1. The van der Waals surface area contributed by atoms with E-state index >= 15 is 0 Å². The molecule has 0 aliphatic heterocycles. The van der Waals surface area contributed by atoms with Gasteiger partial charge in [-0.1, -0.05) is 19.9 Å². The molecule has 4 heterocycles. The average molecular weight is 526 g/mol. The molecule has 4 aromatic rings. The summed E-state index contributed by atoms with van der Waals surface area (Å²) < 4.78 is 30.6. The van der Waals surface area contributed by atoms with Crippen LogP contribution in [0, 0.1) is 12.8 Å². The Morgan fingerprint density at radius 3 is 2.53 bits per heavy atom. The highest BCUT2D eigenvalue weighted by molar-refractivity contribution is 7.92. The molecule has 0 fully saturated rings. The zero-order valence-corrected chi connectivity index (χ0v) is 21.8. The van der Waals surface area contributed by atoms with Gasteiger partial charge in [0, 0.05) is 47.0 Å². The van der Waals surface area contributed by atoms with Crippen molar-refractivity contribution in [1.82, 2.24) is 34.5 Å². The van der Waals surface area contributed by atoms with E-state index in [-0.39, 0.29) is 10.8 Å². The first kappa shape index (κ1) is 25.5. The normalized spacial score (nSPS) is 11.6. The van der Waals surface area contributed by atoms with E-state index in [1.54, 1.807) is 43.0 Å². The summed E-state index contributed by atoms with van der Waals surface area (Å²) in [4.78, 5) is 30.5. The number of sulfonamides is 1. The third-order valence-electron chi connectivity index (χ3n) is 5.24. The van der Waals surface area contributed by atoms with Crippen molar-refractivity contribution in [2.45, 2.75) is 44.5 Å². The summed E-state index contributed by atoms with van der Waals surface area (Å²) in [5, 5.41) is 2.54. The lowest BCUT2D eigenvalue weighted by Gasteiger charge is -2.09. The number of rotatable bonds is 9. The van der Waals surface area contributed by atoms with Gasteiger partial charge in [-0.05, 0) is 37.5 Å². The summed E-state index contributed by atoms with van der Waals surface area (Å²) in [7, 11) is -4.15. The second-order valence-corrected chi connectivity index (χ2v) is 11.6. The van der Waals surface area contributed by atoms with Crippen LogP contribution in [0.5, 0.6) is 0 Å². The number of nitrogens with one attached hydrogen (secondary N) is 2. The quantitative estimate of drug-likeness (QED) is 0.342. The van der Waals surface area contributed by atoms with Crippen molar-refractivity contribution >= 4 is 27.4 Å². The topological polar surface area (TPSA) is 132 Å². The van der Waals surface area contributed by atoms with Crippen LogP contribution >= 0.6 is 11.3 Å². The second kappa shape index (κ2) is 11.0. The van der Waals surface area contributed by atoms with E-state index in [2.05, 4.69) is 43.8 Å². The molecule has 0 aliphatic rings. The van der Waals surface area contributed by atoms with Gasteiger partial charge >= 0.3 is 6.03 Å². The average Bonchev–Trinajstić information content (AvgIpc) is 3.45. The number of aryl methyl sites for hydroxylation is 1. The molecule has 2 N–H and O–H groups in total. The molecule has 0 aliphatic carbocycles. The van der Waals surface area contributed by atoms with Gasteiger partial charge in [0.25, 0.3) is 10.0 Å². The molecule has 0 aromatic carbocycles. The summed E-state index contributed by atoms with van der Waals surface area (Å²) >= 11 is 1.15. The van der Waals surface area contributed by atoms with Crippen molar-refractivity contribution in [3.8, 4) is 11.1 Å². The third kappa shape index (κ3) is 6.32. The molecule has 0 atom stereocenters. The molecular formula is C24H27N7O3S2. The molecule has 4 rings (SSSR count). The number of aromatic nitrogens is 5. The molecule has 10 nitrogen and oxygen atoms in total. The van der Waals surface area contributed by atoms with Gasteiger partial charge in [-0.15, -0.1) is 11.3 Å². The largest absolute Gasteiger partial charge is 0.332 e. The number of hydrogen-bond donors (Lipinski definition) is 2. The number of carbonyl (C=O) groups excluding carboxylic acids is 1. The first-order valence-electron chi connectivity index (χ1n) is 11.3. The Morgan fingerprint density at radius 1 is 1.11 bits per heavy atom. The summed E-state index contributed by atoms with van der Waals surface area (Å²) in [6.07, 6.45) is 9.08. The number of amides is 2. The maximum Gasteiger partial charge on any atom is 0.329 e. The minimum atomic E-state index is -4.15. The van der Waals surface area contributed by atoms with Crippen molar-refractivity contribution < 1.29 is 13.2 Å². The minimum Gasteiger partial charge on any atom is -0.332 e. The van der Waals surface area contributed by atoms with Crippen LogP contribution in [0.4, 0.5) is 4.79 Å². The SMILES string of the molecule is Cc1nccn1Cc1ncc(-c2cc(CC(C)C)sc2S(=O)(=O)NC(=O)NCc2ccccn2)cn1. The summed E-state index contributed by atoms with van der Waals surface area (Å²) in [6.45, 7) is 6.58. The van der Waals surface area contributed by atoms with Gasteiger partial charge in [0.2, 0.25) is 0 Å². The highest BCUT2D eigenvalue weighted by Crippen LogP contribution is 2.35. The summed E-state index contributed by atoms with van der Waals surface area (Å²) in [5.41, 5.74) is 1.64. The summed E-state index contributed by atoms with van der Waals surface area (Å²) in [5.74, 6) is 1.76. The van der Waals surface area contributed by atoms with Gasteiger partial charge in [0.15, 0.2) is 0 Å². The molecule has 0 spiro atoms. The van der Waals surface area contributed by atoms with Gasteiger partial charge in [-0.3, -0.25) is 4.98 Å². The van der Waals surface area contributed by atoms with Gasteiger partial charge < -0.3 is 9.88 Å². The lowest BCUT2D eigenvalue weighted by Crippen LogP contribution is -2.39. The first-order chi connectivity index (χ1) is 17.2. The van der Waals surface area contributed by atoms with Crippen molar-refractivity contribution in [3.63, 3.8) is 0 Å². The van der Waals surface area contributed by atoms with Crippen LogP contribution in [-0.4, -0.2) is 39.0 Å². The van der Waals surface area contributed by atoms with Gasteiger partial charge in [0.1, 0.15) is 15.9 Å². The predicted octanol–water partition coefficient (Wildman–Crippen LogP) is 3.54. The molecule has 0 saturated heterocycles. The molecular weight excluding hydrogens is 498 g/mol. The van der Waals surface area contributed by atoms with Crippen molar-refractivity contribution in [2.75, 3.05) is 0 Å². The fraction of sp³-hybridized carbons (Fsp3) is 0.292. The Hall–Kier alpha value is -3.64. The van der Waals surface area contributed by atoms with Gasteiger partial charge in [0.05, 0.1) is 18.8 Å². The van der Waals surface area contributed by atoms with Crippen LogP contribution < -0.4 is 10.0 Å². The van der Waals surface area contributed by atoms with E-state index in [9.17, 15) is 13.2 Å². The number of pyridine rings is 1. The molecule has 188 valence electrons. The Labute approximate surface area is 213 Å². The van der Waals surface area contributed by atoms with E-state index < -0.39 is 16.1 Å². The molecule has 4 aromatic heterocycles. The fourth-order valence-corrected chi connectivity index (χ4v) is 6.38. The maximum absolute atomic E-state index is 13.2. The molecule has 0 unspecified atom stereocenters. The minimum absolute atomic E-state index is 0.0490. The summed E-state index contributed by atoms with van der Waals surface area (Å²) in [6, 6.07) is 6.30. The Balaban J connectivity index is 1.56. The van der Waals surface area contributed by atoms with Crippen molar-refractivity contribution in [3.05, 3.63) is 77.5 Å². The van der Waals surface area contributed by atoms with Crippen LogP contribution in [0.15, 0.2) is 59.5 Å². The molecule has 0 radical (unpaired) electrons. The highest BCUT2D eigenvalue weighted by Gasteiger charge is 2.26. The Morgan fingerprint density at radius 2 is 1.89 bits per heavy atom. The van der Waals surface area contributed by atoms with Crippen LogP contribution in [0.25, 0.3) is 11.1 Å². The van der Waals surface area contributed by atoms with Gasteiger partial charge in [-0.2, -0.15) is 0 Å². The third-order valence-corrected chi connectivity index (χ3v) is 8.26. The number of nitrogens with zero attached hydrogens (tertiary/aromatic N) is 5. The van der Waals surface area contributed by atoms with Crippen molar-refractivity contribution in [1.29, 1.82) is 0 Å². The second-order valence-electron chi connectivity index (χ2n) is 8.61. The maximum atomic E-state index is 13.2. The number of thiophene rings is 1. The molecule has 0 bridgehead atoms. The number of hydrogen-bond acceptors (Lipinski definition) is 8. The lowest BCUT2D eigenvalue weighted by atomic mass is 10.1. The number of urea groups is 1. The highest BCUT2D eigenvalue weighted by atomic mass is 32.2. The Bertz CT molecular complexity index is 1430. The molecule has 0 saturated carbocycles. The van der Waals surface area contributed by atoms with Crippen LogP contribution in [0.3, 0.4) is 0 Å². The van der Waals surface area contributed by atoms with E-state index in [1.165, 1.54) is 0 Å². The Kier molecular flexibility index (Phi) is 7.75. The number of imidazole rings is 1. The smallest absolute Gasteiger partial charge is 0.329 e. The zero-order chi connectivity index (χ0) is 25.7. The first-order valence-corrected chi connectivity index (χ1v) is 13.6. The van der Waals surface area contributed by atoms with Crippen LogP contribution in [-0.2, 0) is 29.5 Å². The predicted molar refractivity (Wildman–Crippen MR) is 137 cm³/mol. The monoisotopic (exact) mass is 525 g/mol. The van der Waals surface area contributed by atoms with Crippen LogP contribution in [0.2, 0.25) is 0 Å². The van der Waals surface area contributed by atoms with Gasteiger partial charge in [-0.25, -0.2) is 32.9 Å². The van der Waals surface area contributed by atoms with E-state index in [1.807, 2.05) is 23.8 Å².